The summed E-state index contributed by atoms with van der Waals surface area (Å²) in [6.45, 7) is 9.34. The number of carbonyl (C=O) groups is 1. The molecule has 0 bridgehead atoms. The van der Waals surface area contributed by atoms with Gasteiger partial charge in [0.15, 0.2) is 0 Å². The molecule has 0 heterocycles. The minimum Gasteiger partial charge on any atom is -0.478 e. The fourth-order valence-electron chi connectivity index (χ4n) is 1.17. The second-order valence-electron chi connectivity index (χ2n) is 3.35. The van der Waals surface area contributed by atoms with Gasteiger partial charge in [-0.05, 0) is 31.9 Å². The Bertz CT molecular complexity index is 283. The van der Waals surface area contributed by atoms with Crippen LogP contribution in [-0.4, -0.2) is 11.1 Å². The molecule has 0 aliphatic carbocycles. The fourth-order valence-corrected chi connectivity index (χ4v) is 1.17. The first-order chi connectivity index (χ1) is 6.52. The molecular formula is C12H18O2. The van der Waals surface area contributed by atoms with Gasteiger partial charge in [-0.3, -0.25) is 0 Å². The van der Waals surface area contributed by atoms with E-state index in [1.54, 1.807) is 19.1 Å². The minimum absolute atomic E-state index is 0.339. The van der Waals surface area contributed by atoms with Gasteiger partial charge >= 0.3 is 5.97 Å². The van der Waals surface area contributed by atoms with Gasteiger partial charge in [-0.15, -0.1) is 0 Å². The summed E-state index contributed by atoms with van der Waals surface area (Å²) in [7, 11) is 0. The van der Waals surface area contributed by atoms with Crippen molar-refractivity contribution >= 4 is 5.97 Å². The fraction of sp³-hybridized carbons (Fsp3) is 0.417. The molecule has 0 aromatic heterocycles. The molecule has 0 unspecified atom stereocenters. The largest absolute Gasteiger partial charge is 0.478 e. The van der Waals surface area contributed by atoms with Crippen molar-refractivity contribution in [2.45, 2.75) is 33.6 Å². The quantitative estimate of drug-likeness (QED) is 0.538. The lowest BCUT2D eigenvalue weighted by Crippen LogP contribution is -2.00. The van der Waals surface area contributed by atoms with Crippen LogP contribution in [0.15, 0.2) is 35.5 Å². The predicted octanol–water partition coefficient (Wildman–Crippen LogP) is 3.32. The van der Waals surface area contributed by atoms with Crippen molar-refractivity contribution in [2.24, 2.45) is 0 Å². The van der Waals surface area contributed by atoms with E-state index in [-0.39, 0.29) is 0 Å². The highest BCUT2D eigenvalue weighted by Crippen LogP contribution is 2.12. The van der Waals surface area contributed by atoms with Crippen molar-refractivity contribution in [2.75, 3.05) is 0 Å². The lowest BCUT2D eigenvalue weighted by molar-refractivity contribution is -0.132. The van der Waals surface area contributed by atoms with Crippen LogP contribution in [0.4, 0.5) is 0 Å². The van der Waals surface area contributed by atoms with Crippen LogP contribution in [0.2, 0.25) is 0 Å². The monoisotopic (exact) mass is 194 g/mol. The Hall–Kier alpha value is -1.31. The van der Waals surface area contributed by atoms with Crippen LogP contribution in [0.5, 0.6) is 0 Å². The Morgan fingerprint density at radius 2 is 2.00 bits per heavy atom. The lowest BCUT2D eigenvalue weighted by atomic mass is 10.0. The first kappa shape index (κ1) is 12.7. The zero-order chi connectivity index (χ0) is 11.1. The Morgan fingerprint density at radius 1 is 1.43 bits per heavy atom. The zero-order valence-electron chi connectivity index (χ0n) is 9.13. The van der Waals surface area contributed by atoms with Crippen molar-refractivity contribution in [3.63, 3.8) is 0 Å². The second-order valence-corrected chi connectivity index (χ2v) is 3.35. The van der Waals surface area contributed by atoms with Gasteiger partial charge in [0, 0.05) is 0 Å². The molecule has 14 heavy (non-hydrogen) atoms. The highest BCUT2D eigenvalue weighted by molar-refractivity contribution is 5.91. The summed E-state index contributed by atoms with van der Waals surface area (Å²) in [6, 6.07) is 0. The Labute approximate surface area is 85.6 Å². The van der Waals surface area contributed by atoms with Crippen molar-refractivity contribution in [3.8, 4) is 0 Å². The van der Waals surface area contributed by atoms with Gasteiger partial charge in [-0.2, -0.15) is 0 Å². The van der Waals surface area contributed by atoms with Gasteiger partial charge in [-0.25, -0.2) is 4.79 Å². The van der Waals surface area contributed by atoms with E-state index in [0.717, 1.165) is 18.4 Å². The molecule has 0 amide bonds. The van der Waals surface area contributed by atoms with E-state index in [2.05, 4.69) is 13.5 Å². The summed E-state index contributed by atoms with van der Waals surface area (Å²) in [4.78, 5) is 10.9. The Balaban J connectivity index is 4.97. The maximum atomic E-state index is 10.9. The zero-order valence-corrected chi connectivity index (χ0v) is 9.13. The second kappa shape index (κ2) is 6.19. The number of allylic oxidation sites excluding steroid dienone is 3. The number of hydrogen-bond donors (Lipinski definition) is 1. The lowest BCUT2D eigenvalue weighted by Gasteiger charge is -2.02. The van der Waals surface area contributed by atoms with E-state index in [9.17, 15) is 4.79 Å². The molecule has 0 atom stereocenters. The summed E-state index contributed by atoms with van der Waals surface area (Å²) < 4.78 is 0. The molecule has 1 N–H and O–H groups in total. The molecule has 78 valence electrons. The number of aliphatic carboxylic acids is 1. The van der Waals surface area contributed by atoms with Crippen molar-refractivity contribution in [1.82, 2.24) is 0 Å². The molecule has 0 saturated heterocycles. The van der Waals surface area contributed by atoms with E-state index in [1.807, 2.05) is 6.92 Å². The first-order valence-corrected chi connectivity index (χ1v) is 4.76. The molecule has 0 saturated carbocycles. The summed E-state index contributed by atoms with van der Waals surface area (Å²) in [5.74, 6) is -0.891. The van der Waals surface area contributed by atoms with E-state index < -0.39 is 5.97 Å². The third-order valence-corrected chi connectivity index (χ3v) is 2.00. The summed E-state index contributed by atoms with van der Waals surface area (Å²) in [5, 5.41) is 8.94. The number of carboxylic acids is 1. The number of rotatable bonds is 5. The Kier molecular flexibility index (Phi) is 5.61. The molecule has 2 nitrogen and oxygen atoms in total. The van der Waals surface area contributed by atoms with Gasteiger partial charge < -0.3 is 5.11 Å². The van der Waals surface area contributed by atoms with Gasteiger partial charge in [-0.1, -0.05) is 31.6 Å². The van der Waals surface area contributed by atoms with Crippen LogP contribution in [0, 0.1) is 0 Å². The van der Waals surface area contributed by atoms with E-state index in [0.29, 0.717) is 11.1 Å². The van der Waals surface area contributed by atoms with Crippen LogP contribution >= 0.6 is 0 Å². The smallest absolute Gasteiger partial charge is 0.335 e. The normalized spacial score (nSPS) is 13.5. The Morgan fingerprint density at radius 3 is 2.36 bits per heavy atom. The van der Waals surface area contributed by atoms with Crippen LogP contribution in [0.1, 0.15) is 33.6 Å². The molecule has 0 radical (unpaired) electrons. The molecule has 0 aliphatic rings. The van der Waals surface area contributed by atoms with Crippen LogP contribution in [0.25, 0.3) is 0 Å². The molecule has 2 heteroatoms. The van der Waals surface area contributed by atoms with Gasteiger partial charge in [0.25, 0.3) is 0 Å². The molecule has 0 fully saturated rings. The molecule has 0 rings (SSSR count). The molecular weight excluding hydrogens is 176 g/mol. The van der Waals surface area contributed by atoms with Gasteiger partial charge in [0.05, 0.1) is 5.57 Å². The molecule has 0 spiro atoms. The van der Waals surface area contributed by atoms with Gasteiger partial charge in [0.1, 0.15) is 0 Å². The highest BCUT2D eigenvalue weighted by atomic mass is 16.4. The average molecular weight is 194 g/mol. The average Bonchev–Trinajstić information content (AvgIpc) is 2.13. The van der Waals surface area contributed by atoms with E-state index in [1.165, 1.54) is 0 Å². The number of hydrogen-bond acceptors (Lipinski definition) is 1. The third kappa shape index (κ3) is 4.08. The maximum Gasteiger partial charge on any atom is 0.335 e. The van der Waals surface area contributed by atoms with Crippen molar-refractivity contribution < 1.29 is 9.90 Å². The predicted molar refractivity (Wildman–Crippen MR) is 59.2 cm³/mol. The molecule has 0 aromatic carbocycles. The standard InChI is InChI=1S/C12H18O2/c1-5-7-9(3)8-11(12(13)14)10(4)6-2/h6,8H,2,5,7H2,1,3-4H3,(H,13,14)/b9-8-,11-10+. The van der Waals surface area contributed by atoms with Crippen molar-refractivity contribution in [3.05, 3.63) is 35.5 Å². The molecule has 0 aliphatic heterocycles. The maximum absolute atomic E-state index is 10.9. The van der Waals surface area contributed by atoms with Crippen LogP contribution in [-0.2, 0) is 4.79 Å². The highest BCUT2D eigenvalue weighted by Gasteiger charge is 2.06. The van der Waals surface area contributed by atoms with E-state index in [4.69, 9.17) is 5.11 Å². The van der Waals surface area contributed by atoms with Crippen LogP contribution < -0.4 is 0 Å². The summed E-state index contributed by atoms with van der Waals surface area (Å²) in [6.07, 6.45) is 5.26. The molecule has 0 aromatic rings. The summed E-state index contributed by atoms with van der Waals surface area (Å²) in [5.41, 5.74) is 2.13. The number of carboxylic acid groups (broad SMARTS) is 1. The third-order valence-electron chi connectivity index (χ3n) is 2.00. The van der Waals surface area contributed by atoms with Crippen molar-refractivity contribution in [1.29, 1.82) is 0 Å². The minimum atomic E-state index is -0.891. The summed E-state index contributed by atoms with van der Waals surface area (Å²) >= 11 is 0. The van der Waals surface area contributed by atoms with Gasteiger partial charge in [0.2, 0.25) is 0 Å². The SMILES string of the molecule is C=C/C(C)=C(\C=C(\C)CCC)C(=O)O. The van der Waals surface area contributed by atoms with Crippen LogP contribution in [0.3, 0.4) is 0 Å². The first-order valence-electron chi connectivity index (χ1n) is 4.76. The topological polar surface area (TPSA) is 37.3 Å². The van der Waals surface area contributed by atoms with E-state index >= 15 is 0 Å².